The molecule has 0 aliphatic rings. The van der Waals surface area contributed by atoms with Crippen molar-refractivity contribution in [1.29, 1.82) is 0 Å². The Hall–Kier alpha value is -1.18. The zero-order valence-electron chi connectivity index (χ0n) is 5.22. The molecule has 0 atom stereocenters. The van der Waals surface area contributed by atoms with Crippen LogP contribution in [0.3, 0.4) is 0 Å². The summed E-state index contributed by atoms with van der Waals surface area (Å²) in [6.07, 6.45) is 0. The fourth-order valence-corrected chi connectivity index (χ4v) is 0.591. The number of rotatable bonds is 1. The van der Waals surface area contributed by atoms with Crippen LogP contribution in [-0.4, -0.2) is 12.2 Å². The highest BCUT2D eigenvalue weighted by atomic mass is 16.5. The average Bonchev–Trinajstić information content (AvgIpc) is 1.90. The van der Waals surface area contributed by atoms with Gasteiger partial charge in [0.2, 0.25) is 0 Å². The van der Waals surface area contributed by atoms with E-state index in [0.29, 0.717) is 5.75 Å². The number of benzene rings is 1. The van der Waals surface area contributed by atoms with Gasteiger partial charge in [0.1, 0.15) is 5.75 Å². The summed E-state index contributed by atoms with van der Waals surface area (Å²) in [5.74, 6) is 1.31. The third kappa shape index (κ3) is 1.35. The molecule has 0 spiro atoms. The van der Waals surface area contributed by atoms with E-state index in [4.69, 9.17) is 9.84 Å². The van der Waals surface area contributed by atoms with Crippen LogP contribution >= 0.6 is 0 Å². The van der Waals surface area contributed by atoms with E-state index in [2.05, 4.69) is 0 Å². The average molecular weight is 125 g/mol. The van der Waals surface area contributed by atoms with E-state index in [0.717, 1.165) is 5.75 Å². The van der Waals surface area contributed by atoms with Gasteiger partial charge in [0.25, 0.3) is 5.75 Å². The molecule has 0 saturated heterocycles. The minimum atomic E-state index is 0.510. The van der Waals surface area contributed by atoms with Gasteiger partial charge < -0.3 is 9.84 Å². The Bertz CT molecular complexity index is 179. The van der Waals surface area contributed by atoms with Crippen LogP contribution in [0.25, 0.3) is 0 Å². The van der Waals surface area contributed by atoms with Crippen molar-refractivity contribution in [2.24, 2.45) is 0 Å². The first-order valence-corrected chi connectivity index (χ1v) is 2.68. The van der Waals surface area contributed by atoms with Crippen LogP contribution in [0.2, 0.25) is 0 Å². The van der Waals surface area contributed by atoms with E-state index in [1.807, 2.05) is 0 Å². The van der Waals surface area contributed by atoms with Crippen LogP contribution < -0.4 is 4.74 Å². The normalized spacial score (nSPS) is 9.00. The van der Waals surface area contributed by atoms with E-state index in [1.54, 1.807) is 31.4 Å². The van der Waals surface area contributed by atoms with Gasteiger partial charge in [-0.25, -0.2) is 0 Å². The number of ether oxygens (including phenoxy) is 1. The van der Waals surface area contributed by atoms with Crippen LogP contribution in [0.5, 0.6) is 11.5 Å². The second-order valence-corrected chi connectivity index (χ2v) is 1.73. The molecule has 0 aliphatic carbocycles. The van der Waals surface area contributed by atoms with Crippen molar-refractivity contribution in [2.45, 2.75) is 0 Å². The molecule has 0 amide bonds. The number of hydrogen-bond donors (Lipinski definition) is 0. The molecule has 1 aromatic rings. The molecule has 1 rings (SSSR count). The van der Waals surface area contributed by atoms with Gasteiger partial charge in [0.15, 0.2) is 0 Å². The van der Waals surface area contributed by atoms with Crippen molar-refractivity contribution in [3.8, 4) is 11.5 Å². The van der Waals surface area contributed by atoms with Gasteiger partial charge in [-0.3, -0.25) is 0 Å². The van der Waals surface area contributed by atoms with Gasteiger partial charge >= 0.3 is 0 Å². The Balaban J connectivity index is 2.88. The molecular weight excluding hydrogens is 116 g/mol. The van der Waals surface area contributed by atoms with Crippen molar-refractivity contribution in [2.75, 3.05) is 7.11 Å². The van der Waals surface area contributed by atoms with Gasteiger partial charge in [-0.05, 0) is 12.1 Å². The highest BCUT2D eigenvalue weighted by Crippen LogP contribution is 2.14. The highest BCUT2D eigenvalue weighted by Gasteiger charge is 1.91. The third-order valence-electron chi connectivity index (χ3n) is 1.09. The lowest BCUT2D eigenvalue weighted by Gasteiger charge is -1.94. The molecule has 2 nitrogen and oxygen atoms in total. The maximum Gasteiger partial charge on any atom is 0.254 e. The summed E-state index contributed by atoms with van der Waals surface area (Å²) < 4.78 is 4.89. The molecular formula is C7H9O2+. The van der Waals surface area contributed by atoms with E-state index in [9.17, 15) is 0 Å². The van der Waals surface area contributed by atoms with E-state index in [-0.39, 0.29) is 0 Å². The van der Waals surface area contributed by atoms with Crippen molar-refractivity contribution < 1.29 is 9.84 Å². The zero-order chi connectivity index (χ0) is 6.69. The summed E-state index contributed by atoms with van der Waals surface area (Å²) in [6.45, 7) is 0. The standard InChI is InChI=1S/C7H8O2/c1-9-7-4-2-6(8)3-5-7/h2-5,8H,1H3/p+1. The molecule has 0 saturated carbocycles. The maximum absolute atomic E-state index is 7.11. The monoisotopic (exact) mass is 125 g/mol. The van der Waals surface area contributed by atoms with Crippen molar-refractivity contribution in [1.82, 2.24) is 0 Å². The van der Waals surface area contributed by atoms with E-state index in [1.165, 1.54) is 0 Å². The first-order valence-electron chi connectivity index (χ1n) is 2.68. The van der Waals surface area contributed by atoms with E-state index >= 15 is 0 Å². The lowest BCUT2D eigenvalue weighted by Crippen LogP contribution is -1.79. The van der Waals surface area contributed by atoms with Gasteiger partial charge in [-0.1, -0.05) is 0 Å². The Labute approximate surface area is 53.7 Å². The van der Waals surface area contributed by atoms with Crippen molar-refractivity contribution in [3.05, 3.63) is 24.3 Å². The maximum atomic E-state index is 7.11. The van der Waals surface area contributed by atoms with Gasteiger partial charge in [0.05, 0.1) is 7.11 Å². The topological polar surface area (TPSA) is 32.1 Å². The zero-order valence-corrected chi connectivity index (χ0v) is 5.22. The van der Waals surface area contributed by atoms with Crippen LogP contribution in [0.4, 0.5) is 0 Å². The Morgan fingerprint density at radius 2 is 1.78 bits per heavy atom. The fourth-order valence-electron chi connectivity index (χ4n) is 0.591. The molecule has 9 heavy (non-hydrogen) atoms. The number of methoxy groups -OCH3 is 1. The molecule has 0 radical (unpaired) electrons. The van der Waals surface area contributed by atoms with Gasteiger partial charge in [-0.15, -0.1) is 0 Å². The summed E-state index contributed by atoms with van der Waals surface area (Å²) in [5.41, 5.74) is 0. The largest absolute Gasteiger partial charge is 0.593 e. The van der Waals surface area contributed by atoms with Crippen LogP contribution in [-0.2, 0) is 0 Å². The Kier molecular flexibility index (Phi) is 1.58. The molecule has 0 aliphatic heterocycles. The predicted molar refractivity (Wildman–Crippen MR) is 36.1 cm³/mol. The Morgan fingerprint density at radius 3 is 2.22 bits per heavy atom. The summed E-state index contributed by atoms with van der Waals surface area (Å²) in [7, 11) is 1.61. The van der Waals surface area contributed by atoms with Crippen LogP contribution in [0.1, 0.15) is 0 Å². The molecule has 0 bridgehead atoms. The van der Waals surface area contributed by atoms with Crippen LogP contribution in [0.15, 0.2) is 24.3 Å². The summed E-state index contributed by atoms with van der Waals surface area (Å²) >= 11 is 0. The highest BCUT2D eigenvalue weighted by molar-refractivity contribution is 5.29. The smallest absolute Gasteiger partial charge is 0.254 e. The minimum Gasteiger partial charge on any atom is -0.593 e. The molecule has 0 aromatic heterocycles. The molecule has 0 unspecified atom stereocenters. The molecule has 1 aromatic carbocycles. The first-order chi connectivity index (χ1) is 4.33. The van der Waals surface area contributed by atoms with Crippen molar-refractivity contribution >= 4 is 0 Å². The Morgan fingerprint density at radius 1 is 1.22 bits per heavy atom. The third-order valence-corrected chi connectivity index (χ3v) is 1.09. The van der Waals surface area contributed by atoms with Crippen molar-refractivity contribution in [3.63, 3.8) is 0 Å². The summed E-state index contributed by atoms with van der Waals surface area (Å²) in [6, 6.07) is 6.92. The van der Waals surface area contributed by atoms with E-state index < -0.39 is 0 Å². The second-order valence-electron chi connectivity index (χ2n) is 1.73. The van der Waals surface area contributed by atoms with Gasteiger partial charge in [0, 0.05) is 12.1 Å². The second kappa shape index (κ2) is 2.40. The first kappa shape index (κ1) is 5.95. The molecule has 48 valence electrons. The van der Waals surface area contributed by atoms with Gasteiger partial charge in [-0.2, -0.15) is 0 Å². The fraction of sp³-hybridized carbons (Fsp3) is 0.143. The summed E-state index contributed by atoms with van der Waals surface area (Å²) in [4.78, 5) is 0. The summed E-state index contributed by atoms with van der Waals surface area (Å²) in [5, 5.41) is 7.11. The molecule has 2 N–H and O–H groups in total. The molecule has 0 fully saturated rings. The van der Waals surface area contributed by atoms with Crippen LogP contribution in [0, 0.1) is 0 Å². The predicted octanol–water partition coefficient (Wildman–Crippen LogP) is 1.13. The molecule has 2 heteroatoms. The lowest BCUT2D eigenvalue weighted by atomic mass is 10.3. The quantitative estimate of drug-likeness (QED) is 0.518. The number of hydrogen-bond acceptors (Lipinski definition) is 1. The lowest BCUT2D eigenvalue weighted by molar-refractivity contribution is 0.412. The molecule has 0 heterocycles. The minimum absolute atomic E-state index is 0.510. The SMILES string of the molecule is COc1ccc([OH2+])cc1.